The number of hydrogen-bond donors (Lipinski definition) is 1. The van der Waals surface area contributed by atoms with Crippen LogP contribution in [-0.2, 0) is 17.8 Å². The summed E-state index contributed by atoms with van der Waals surface area (Å²) in [4.78, 5) is 17.6. The topological polar surface area (TPSA) is 49.6 Å². The number of likely N-dealkylation sites (tertiary alicyclic amines) is 1. The Morgan fingerprint density at radius 1 is 1.11 bits per heavy atom. The molecule has 2 aromatic rings. The third-order valence-electron chi connectivity index (χ3n) is 5.29. The molecule has 1 atom stereocenters. The summed E-state index contributed by atoms with van der Waals surface area (Å²) in [6.45, 7) is 6.01. The molecule has 1 unspecified atom stereocenters. The lowest BCUT2D eigenvalue weighted by molar-refractivity contribution is -0.134. The molecule has 0 saturated carbocycles. The zero-order valence-corrected chi connectivity index (χ0v) is 16.3. The number of nitrogens with zero attached hydrogens (tertiary/aromatic N) is 2. The Kier molecular flexibility index (Phi) is 6.88. The van der Waals surface area contributed by atoms with Gasteiger partial charge in [0.25, 0.3) is 0 Å². The molecule has 1 heterocycles. The van der Waals surface area contributed by atoms with Crippen molar-refractivity contribution in [1.29, 1.82) is 0 Å². The van der Waals surface area contributed by atoms with Gasteiger partial charge in [0.2, 0.25) is 5.91 Å². The largest absolute Gasteiger partial charge is 0.399 e. The maximum absolute atomic E-state index is 13.0. The van der Waals surface area contributed by atoms with E-state index >= 15 is 0 Å². The second-order valence-corrected chi connectivity index (χ2v) is 7.52. The summed E-state index contributed by atoms with van der Waals surface area (Å²) >= 11 is 0. The SMILES string of the molecule is CCCN(C(=O)Cc1ccc(N)cc1)C1CCCN(Cc2ccccc2)C1. The Balaban J connectivity index is 1.64. The van der Waals surface area contributed by atoms with Crippen LogP contribution in [0, 0.1) is 0 Å². The summed E-state index contributed by atoms with van der Waals surface area (Å²) < 4.78 is 0. The van der Waals surface area contributed by atoms with Gasteiger partial charge < -0.3 is 10.6 Å². The number of anilines is 1. The minimum atomic E-state index is 0.230. The summed E-state index contributed by atoms with van der Waals surface area (Å²) in [7, 11) is 0. The van der Waals surface area contributed by atoms with Gasteiger partial charge in [0.15, 0.2) is 0 Å². The third kappa shape index (κ3) is 5.57. The van der Waals surface area contributed by atoms with E-state index in [1.54, 1.807) is 0 Å². The van der Waals surface area contributed by atoms with Gasteiger partial charge in [-0.15, -0.1) is 0 Å². The van der Waals surface area contributed by atoms with E-state index in [4.69, 9.17) is 5.73 Å². The first-order valence-corrected chi connectivity index (χ1v) is 10.1. The second kappa shape index (κ2) is 9.56. The van der Waals surface area contributed by atoms with E-state index in [0.717, 1.165) is 56.7 Å². The molecule has 1 amide bonds. The second-order valence-electron chi connectivity index (χ2n) is 7.52. The van der Waals surface area contributed by atoms with Crippen LogP contribution in [0.3, 0.4) is 0 Å². The van der Waals surface area contributed by atoms with Crippen LogP contribution in [0.1, 0.15) is 37.3 Å². The van der Waals surface area contributed by atoms with Crippen molar-refractivity contribution in [2.75, 3.05) is 25.4 Å². The lowest BCUT2D eigenvalue weighted by Gasteiger charge is -2.39. The van der Waals surface area contributed by atoms with Crippen molar-refractivity contribution in [3.8, 4) is 0 Å². The maximum Gasteiger partial charge on any atom is 0.227 e. The molecule has 4 heteroatoms. The molecule has 144 valence electrons. The first-order valence-electron chi connectivity index (χ1n) is 10.1. The molecular weight excluding hydrogens is 334 g/mol. The van der Waals surface area contributed by atoms with Crippen molar-refractivity contribution in [1.82, 2.24) is 9.80 Å². The highest BCUT2D eigenvalue weighted by Crippen LogP contribution is 2.20. The van der Waals surface area contributed by atoms with Gasteiger partial charge in [-0.1, -0.05) is 49.4 Å². The smallest absolute Gasteiger partial charge is 0.227 e. The van der Waals surface area contributed by atoms with Crippen LogP contribution in [0.5, 0.6) is 0 Å². The molecule has 2 aromatic carbocycles. The highest BCUT2D eigenvalue weighted by Gasteiger charge is 2.28. The normalized spacial score (nSPS) is 17.6. The minimum absolute atomic E-state index is 0.230. The maximum atomic E-state index is 13.0. The van der Waals surface area contributed by atoms with E-state index in [0.29, 0.717) is 12.5 Å². The van der Waals surface area contributed by atoms with Gasteiger partial charge in [-0.2, -0.15) is 0 Å². The first-order chi connectivity index (χ1) is 13.2. The molecule has 1 fully saturated rings. The molecule has 1 saturated heterocycles. The number of benzene rings is 2. The van der Waals surface area contributed by atoms with Gasteiger partial charge in [-0.05, 0) is 49.1 Å². The monoisotopic (exact) mass is 365 g/mol. The van der Waals surface area contributed by atoms with Gasteiger partial charge in [0.1, 0.15) is 0 Å². The van der Waals surface area contributed by atoms with Crippen LogP contribution >= 0.6 is 0 Å². The Bertz CT molecular complexity index is 714. The summed E-state index contributed by atoms with van der Waals surface area (Å²) in [5.41, 5.74) is 8.87. The van der Waals surface area contributed by atoms with Crippen molar-refractivity contribution in [2.45, 2.75) is 45.2 Å². The van der Waals surface area contributed by atoms with Crippen LogP contribution in [0.15, 0.2) is 54.6 Å². The average molecular weight is 366 g/mol. The Morgan fingerprint density at radius 3 is 2.56 bits per heavy atom. The number of carbonyl (C=O) groups is 1. The fraction of sp³-hybridized carbons (Fsp3) is 0.435. The average Bonchev–Trinajstić information content (AvgIpc) is 2.69. The highest BCUT2D eigenvalue weighted by molar-refractivity contribution is 5.79. The van der Waals surface area contributed by atoms with Crippen LogP contribution < -0.4 is 5.73 Å². The molecular formula is C23H31N3O. The molecule has 0 bridgehead atoms. The number of nitrogens with two attached hydrogens (primary N) is 1. The van der Waals surface area contributed by atoms with Crippen molar-refractivity contribution >= 4 is 11.6 Å². The highest BCUT2D eigenvalue weighted by atomic mass is 16.2. The van der Waals surface area contributed by atoms with E-state index in [-0.39, 0.29) is 5.91 Å². The number of piperidine rings is 1. The standard InChI is InChI=1S/C23H31N3O/c1-2-14-26(23(27)16-19-10-12-21(24)13-11-19)22-9-6-15-25(18-22)17-20-7-4-3-5-8-20/h3-5,7-8,10-13,22H,2,6,9,14-18,24H2,1H3. The Morgan fingerprint density at radius 2 is 1.85 bits per heavy atom. The van der Waals surface area contributed by atoms with E-state index in [1.807, 2.05) is 24.3 Å². The minimum Gasteiger partial charge on any atom is -0.399 e. The lowest BCUT2D eigenvalue weighted by atomic mass is 10.0. The summed E-state index contributed by atoms with van der Waals surface area (Å²) in [5.74, 6) is 0.230. The van der Waals surface area contributed by atoms with Crippen LogP contribution in [0.4, 0.5) is 5.69 Å². The fourth-order valence-corrected chi connectivity index (χ4v) is 3.93. The number of hydrogen-bond acceptors (Lipinski definition) is 3. The van der Waals surface area contributed by atoms with E-state index in [2.05, 4.69) is 47.1 Å². The van der Waals surface area contributed by atoms with Crippen molar-refractivity contribution in [2.24, 2.45) is 0 Å². The lowest BCUT2D eigenvalue weighted by Crippen LogP contribution is -2.50. The zero-order valence-electron chi connectivity index (χ0n) is 16.3. The predicted molar refractivity (Wildman–Crippen MR) is 111 cm³/mol. The number of carbonyl (C=O) groups excluding carboxylic acids is 1. The van der Waals surface area contributed by atoms with E-state index < -0.39 is 0 Å². The molecule has 0 aromatic heterocycles. The quantitative estimate of drug-likeness (QED) is 0.761. The van der Waals surface area contributed by atoms with Crippen molar-refractivity contribution in [3.63, 3.8) is 0 Å². The van der Waals surface area contributed by atoms with Crippen molar-refractivity contribution < 1.29 is 4.79 Å². The van der Waals surface area contributed by atoms with Crippen LogP contribution in [0.25, 0.3) is 0 Å². The number of amides is 1. The summed E-state index contributed by atoms with van der Waals surface area (Å²) in [6, 6.07) is 18.6. The first kappa shape index (κ1) is 19.4. The van der Waals surface area contributed by atoms with Gasteiger partial charge in [0.05, 0.1) is 6.42 Å². The fourth-order valence-electron chi connectivity index (χ4n) is 3.93. The van der Waals surface area contributed by atoms with Gasteiger partial charge in [0, 0.05) is 31.4 Å². The van der Waals surface area contributed by atoms with Gasteiger partial charge in [-0.3, -0.25) is 9.69 Å². The Labute approximate surface area is 163 Å². The van der Waals surface area contributed by atoms with Crippen molar-refractivity contribution in [3.05, 3.63) is 65.7 Å². The Hall–Kier alpha value is -2.33. The number of nitrogen functional groups attached to an aromatic ring is 1. The molecule has 1 aliphatic heterocycles. The molecule has 1 aliphatic rings. The molecule has 2 N–H and O–H groups in total. The number of rotatable bonds is 7. The molecule has 3 rings (SSSR count). The zero-order chi connectivity index (χ0) is 19.1. The molecule has 27 heavy (non-hydrogen) atoms. The van der Waals surface area contributed by atoms with E-state index in [1.165, 1.54) is 5.56 Å². The predicted octanol–water partition coefficient (Wildman–Crippen LogP) is 3.71. The van der Waals surface area contributed by atoms with E-state index in [9.17, 15) is 4.79 Å². The van der Waals surface area contributed by atoms with Gasteiger partial charge in [-0.25, -0.2) is 0 Å². The molecule has 0 spiro atoms. The van der Waals surface area contributed by atoms with Crippen LogP contribution in [-0.4, -0.2) is 41.4 Å². The third-order valence-corrected chi connectivity index (χ3v) is 5.29. The molecule has 4 nitrogen and oxygen atoms in total. The molecule has 0 radical (unpaired) electrons. The summed E-state index contributed by atoms with van der Waals surface area (Å²) in [5, 5.41) is 0. The van der Waals surface area contributed by atoms with Gasteiger partial charge >= 0.3 is 0 Å². The van der Waals surface area contributed by atoms with Crippen LogP contribution in [0.2, 0.25) is 0 Å². The summed E-state index contributed by atoms with van der Waals surface area (Å²) in [6.07, 6.45) is 3.68. The molecule has 0 aliphatic carbocycles.